The van der Waals surface area contributed by atoms with Crippen LogP contribution in [0.5, 0.6) is 17.2 Å². The van der Waals surface area contributed by atoms with Crippen molar-refractivity contribution in [2.24, 2.45) is 5.73 Å². The van der Waals surface area contributed by atoms with E-state index in [1.807, 2.05) is 30.5 Å². The van der Waals surface area contributed by atoms with Crippen molar-refractivity contribution in [3.63, 3.8) is 0 Å². The van der Waals surface area contributed by atoms with Crippen molar-refractivity contribution in [1.82, 2.24) is 9.88 Å². The SMILES string of the molecule is CCCc1cc(C/C=C(\C=C/N)CN2CCC(N(Cc3ccnc(-c4cc(CCC)c(OC)c(OC)c4)c3)c3ccc(F)cc3)CC2)cc(OC)c1C. The van der Waals surface area contributed by atoms with E-state index in [4.69, 9.17) is 24.9 Å². The maximum absolute atomic E-state index is 14.1. The Morgan fingerprint density at radius 1 is 0.887 bits per heavy atom. The Hall–Kier alpha value is -4.82. The van der Waals surface area contributed by atoms with Gasteiger partial charge in [0.2, 0.25) is 0 Å². The van der Waals surface area contributed by atoms with Crippen LogP contribution in [0.25, 0.3) is 11.3 Å². The van der Waals surface area contributed by atoms with Crippen LogP contribution in [-0.2, 0) is 25.8 Å². The lowest BCUT2D eigenvalue weighted by Crippen LogP contribution is -2.45. The summed E-state index contributed by atoms with van der Waals surface area (Å²) in [5, 5.41) is 0. The molecule has 0 unspecified atom stereocenters. The first kappa shape index (κ1) is 39.4. The molecule has 0 radical (unpaired) electrons. The molecule has 1 aromatic heterocycles. The van der Waals surface area contributed by atoms with Crippen LogP contribution >= 0.6 is 0 Å². The summed E-state index contributed by atoms with van der Waals surface area (Å²) in [4.78, 5) is 9.71. The summed E-state index contributed by atoms with van der Waals surface area (Å²) >= 11 is 0. The molecule has 53 heavy (non-hydrogen) atoms. The number of nitrogens with two attached hydrogens (primary N) is 1. The van der Waals surface area contributed by atoms with Gasteiger partial charge in [0, 0.05) is 49.7 Å². The van der Waals surface area contributed by atoms with Crippen LogP contribution in [0.2, 0.25) is 0 Å². The van der Waals surface area contributed by atoms with Crippen molar-refractivity contribution in [3.05, 3.63) is 124 Å². The fourth-order valence-electron chi connectivity index (χ4n) is 7.51. The average Bonchev–Trinajstić information content (AvgIpc) is 3.18. The number of anilines is 1. The van der Waals surface area contributed by atoms with Crippen LogP contribution in [0, 0.1) is 12.7 Å². The molecule has 5 rings (SSSR count). The maximum Gasteiger partial charge on any atom is 0.163 e. The van der Waals surface area contributed by atoms with E-state index in [1.54, 1.807) is 39.7 Å². The van der Waals surface area contributed by atoms with Crippen LogP contribution in [0.15, 0.2) is 90.8 Å². The fraction of sp³-hybridized carbons (Fsp3) is 0.400. The van der Waals surface area contributed by atoms with E-state index in [1.165, 1.54) is 22.3 Å². The average molecular weight is 721 g/mol. The normalized spacial score (nSPS) is 14.1. The monoisotopic (exact) mass is 720 g/mol. The summed E-state index contributed by atoms with van der Waals surface area (Å²) in [6, 6.07) is 20.1. The molecule has 2 N–H and O–H groups in total. The van der Waals surface area contributed by atoms with Gasteiger partial charge in [-0.1, -0.05) is 38.8 Å². The second-order valence-electron chi connectivity index (χ2n) is 14.0. The van der Waals surface area contributed by atoms with Gasteiger partial charge in [-0.25, -0.2) is 4.39 Å². The van der Waals surface area contributed by atoms with Crippen molar-refractivity contribution in [2.45, 2.75) is 78.3 Å². The maximum atomic E-state index is 14.1. The lowest BCUT2D eigenvalue weighted by Gasteiger charge is -2.40. The lowest BCUT2D eigenvalue weighted by atomic mass is 9.97. The minimum atomic E-state index is -0.232. The van der Waals surface area contributed by atoms with E-state index in [0.29, 0.717) is 18.3 Å². The van der Waals surface area contributed by atoms with E-state index >= 15 is 0 Å². The summed E-state index contributed by atoms with van der Waals surface area (Å²) in [5.41, 5.74) is 16.1. The highest BCUT2D eigenvalue weighted by atomic mass is 19.1. The highest BCUT2D eigenvalue weighted by Crippen LogP contribution is 2.37. The third kappa shape index (κ3) is 10.2. The van der Waals surface area contributed by atoms with Gasteiger partial charge in [0.15, 0.2) is 11.5 Å². The number of nitrogens with zero attached hydrogens (tertiary/aromatic N) is 3. The quantitative estimate of drug-likeness (QED) is 0.109. The van der Waals surface area contributed by atoms with Gasteiger partial charge < -0.3 is 24.8 Å². The Balaban J connectivity index is 1.32. The van der Waals surface area contributed by atoms with Crippen molar-refractivity contribution < 1.29 is 18.6 Å². The molecule has 7 nitrogen and oxygen atoms in total. The first-order valence-electron chi connectivity index (χ1n) is 19.0. The van der Waals surface area contributed by atoms with Crippen molar-refractivity contribution in [2.75, 3.05) is 45.9 Å². The molecular weight excluding hydrogens is 664 g/mol. The third-order valence-electron chi connectivity index (χ3n) is 10.3. The highest BCUT2D eigenvalue weighted by Gasteiger charge is 2.26. The second kappa shape index (κ2) is 19.3. The topological polar surface area (TPSA) is 73.1 Å². The zero-order chi connectivity index (χ0) is 37.7. The molecule has 0 saturated carbocycles. The molecule has 0 bridgehead atoms. The lowest BCUT2D eigenvalue weighted by molar-refractivity contribution is 0.224. The minimum absolute atomic E-state index is 0.232. The number of rotatable bonds is 17. The number of aryl methyl sites for hydroxylation is 2. The van der Waals surface area contributed by atoms with E-state index in [0.717, 1.165) is 104 Å². The van der Waals surface area contributed by atoms with Crippen LogP contribution in [0.1, 0.15) is 67.3 Å². The molecule has 3 aromatic carbocycles. The standard InChI is InChI=1S/C45H57FN4O3/c1-7-9-36-25-34(27-43(51-4)32(36)3)12-11-33(17-21-47)30-49-23-19-41(20-24-49)50(40-15-13-39(46)14-16-40)31-35-18-22-48-42(26-35)38-28-37(10-8-2)45(53-6)44(29-38)52-5/h11,13-18,21-22,25-29,41H,7-10,12,19-20,23-24,30-31,47H2,1-6H3/b21-17-,33-11+. The van der Waals surface area contributed by atoms with Gasteiger partial charge in [0.05, 0.1) is 27.0 Å². The van der Waals surface area contributed by atoms with E-state index < -0.39 is 0 Å². The number of ether oxygens (including phenoxy) is 3. The number of piperidine rings is 1. The Kier molecular flexibility index (Phi) is 14.4. The molecule has 0 spiro atoms. The number of likely N-dealkylation sites (tertiary alicyclic amines) is 1. The number of hydrogen-bond donors (Lipinski definition) is 1. The van der Waals surface area contributed by atoms with E-state index in [-0.39, 0.29) is 5.82 Å². The highest BCUT2D eigenvalue weighted by molar-refractivity contribution is 5.67. The summed E-state index contributed by atoms with van der Waals surface area (Å²) in [6.07, 6.45) is 14.6. The Bertz CT molecular complexity index is 1850. The van der Waals surface area contributed by atoms with Crippen LogP contribution in [0.4, 0.5) is 10.1 Å². The molecule has 1 fully saturated rings. The van der Waals surface area contributed by atoms with E-state index in [2.05, 4.69) is 67.0 Å². The predicted molar refractivity (Wildman–Crippen MR) is 216 cm³/mol. The zero-order valence-corrected chi connectivity index (χ0v) is 32.5. The molecule has 1 saturated heterocycles. The van der Waals surface area contributed by atoms with Crippen molar-refractivity contribution >= 4 is 5.69 Å². The van der Waals surface area contributed by atoms with E-state index in [9.17, 15) is 4.39 Å². The van der Waals surface area contributed by atoms with Gasteiger partial charge in [-0.05, 0) is 139 Å². The Morgan fingerprint density at radius 3 is 2.26 bits per heavy atom. The summed E-state index contributed by atoms with van der Waals surface area (Å²) in [6.45, 7) is 9.93. The van der Waals surface area contributed by atoms with Gasteiger partial charge in [0.1, 0.15) is 11.6 Å². The molecule has 4 aromatic rings. The van der Waals surface area contributed by atoms with Gasteiger partial charge >= 0.3 is 0 Å². The first-order chi connectivity index (χ1) is 25.8. The number of allylic oxidation sites excluding steroid dienone is 1. The number of halogens is 1. The molecule has 1 aliphatic rings. The summed E-state index contributed by atoms with van der Waals surface area (Å²) < 4.78 is 31.2. The van der Waals surface area contributed by atoms with Crippen LogP contribution in [0.3, 0.4) is 0 Å². The molecule has 0 aliphatic carbocycles. The number of hydrogen-bond acceptors (Lipinski definition) is 7. The molecule has 0 amide bonds. The first-order valence-corrected chi connectivity index (χ1v) is 19.0. The Labute approximate surface area is 316 Å². The molecule has 1 aliphatic heterocycles. The Morgan fingerprint density at radius 2 is 1.60 bits per heavy atom. The minimum Gasteiger partial charge on any atom is -0.496 e. The predicted octanol–water partition coefficient (Wildman–Crippen LogP) is 9.24. The van der Waals surface area contributed by atoms with Crippen LogP contribution in [-0.4, -0.2) is 56.9 Å². The van der Waals surface area contributed by atoms with Gasteiger partial charge in [0.25, 0.3) is 0 Å². The summed E-state index contributed by atoms with van der Waals surface area (Å²) in [7, 11) is 5.10. The van der Waals surface area contributed by atoms with Crippen molar-refractivity contribution in [3.8, 4) is 28.5 Å². The number of aromatic nitrogens is 1. The molecule has 0 atom stereocenters. The molecule has 2 heterocycles. The number of pyridine rings is 1. The van der Waals surface area contributed by atoms with Gasteiger partial charge in [-0.15, -0.1) is 0 Å². The van der Waals surface area contributed by atoms with Crippen molar-refractivity contribution in [1.29, 1.82) is 0 Å². The van der Waals surface area contributed by atoms with Crippen LogP contribution < -0.4 is 24.8 Å². The van der Waals surface area contributed by atoms with Gasteiger partial charge in [-0.2, -0.15) is 0 Å². The summed E-state index contributed by atoms with van der Waals surface area (Å²) in [5.74, 6) is 2.20. The third-order valence-corrected chi connectivity index (χ3v) is 10.3. The van der Waals surface area contributed by atoms with Gasteiger partial charge in [-0.3, -0.25) is 9.88 Å². The smallest absolute Gasteiger partial charge is 0.163 e. The number of benzene rings is 3. The molecule has 282 valence electrons. The zero-order valence-electron chi connectivity index (χ0n) is 32.5. The molecular formula is C45H57FN4O3. The second-order valence-corrected chi connectivity index (χ2v) is 14.0. The molecule has 8 heteroatoms. The number of methoxy groups -OCH3 is 3. The largest absolute Gasteiger partial charge is 0.496 e. The fourth-order valence-corrected chi connectivity index (χ4v) is 7.51.